The van der Waals surface area contributed by atoms with Crippen LogP contribution in [-0.2, 0) is 6.54 Å². The lowest BCUT2D eigenvalue weighted by molar-refractivity contribution is 0.237. The molecule has 0 atom stereocenters. The van der Waals surface area contributed by atoms with Crippen LogP contribution >= 0.6 is 15.9 Å². The Morgan fingerprint density at radius 3 is 2.83 bits per heavy atom. The predicted octanol–water partition coefficient (Wildman–Crippen LogP) is 2.64. The summed E-state index contributed by atoms with van der Waals surface area (Å²) in [7, 11) is 1.95. The van der Waals surface area contributed by atoms with E-state index in [1.807, 2.05) is 13.1 Å². The quantitative estimate of drug-likeness (QED) is 0.874. The summed E-state index contributed by atoms with van der Waals surface area (Å²) in [4.78, 5) is 2.47. The van der Waals surface area contributed by atoms with Gasteiger partial charge in [0.05, 0.1) is 0 Å². The van der Waals surface area contributed by atoms with Crippen molar-refractivity contribution < 1.29 is 4.74 Å². The van der Waals surface area contributed by atoms with Crippen molar-refractivity contribution in [2.75, 3.05) is 33.3 Å². The van der Waals surface area contributed by atoms with Gasteiger partial charge in [-0.25, -0.2) is 0 Å². The van der Waals surface area contributed by atoms with E-state index in [1.165, 1.54) is 31.5 Å². The van der Waals surface area contributed by atoms with E-state index in [2.05, 4.69) is 38.3 Å². The highest BCUT2D eigenvalue weighted by Crippen LogP contribution is 2.22. The average molecular weight is 313 g/mol. The van der Waals surface area contributed by atoms with E-state index in [4.69, 9.17) is 4.74 Å². The minimum atomic E-state index is 0.778. The van der Waals surface area contributed by atoms with Gasteiger partial charge in [0.1, 0.15) is 12.4 Å². The van der Waals surface area contributed by atoms with Gasteiger partial charge in [0.2, 0.25) is 0 Å². The number of nitrogens with one attached hydrogen (secondary N) is 1. The standard InChI is InChI=1S/C14H21BrN2O/c1-16-11-12-10-13(4-5-14(12)15)18-9-8-17-6-2-3-7-17/h4-5,10,16H,2-3,6-9,11H2,1H3. The Kier molecular flexibility index (Phi) is 5.47. The number of benzene rings is 1. The zero-order chi connectivity index (χ0) is 12.8. The predicted molar refractivity (Wildman–Crippen MR) is 78.1 cm³/mol. The number of ether oxygens (including phenoxy) is 1. The van der Waals surface area contributed by atoms with Crippen LogP contribution in [0.25, 0.3) is 0 Å². The Bertz CT molecular complexity index is 378. The third-order valence-electron chi connectivity index (χ3n) is 3.26. The minimum absolute atomic E-state index is 0.778. The fourth-order valence-corrected chi connectivity index (χ4v) is 2.65. The summed E-state index contributed by atoms with van der Waals surface area (Å²) in [6.07, 6.45) is 2.68. The van der Waals surface area contributed by atoms with Gasteiger partial charge in [0.15, 0.2) is 0 Å². The Balaban J connectivity index is 1.82. The van der Waals surface area contributed by atoms with E-state index in [-0.39, 0.29) is 0 Å². The molecule has 1 aliphatic heterocycles. The van der Waals surface area contributed by atoms with Gasteiger partial charge in [-0.05, 0) is 56.7 Å². The van der Waals surface area contributed by atoms with Crippen LogP contribution in [0.1, 0.15) is 18.4 Å². The number of hydrogen-bond donors (Lipinski definition) is 1. The van der Waals surface area contributed by atoms with Gasteiger partial charge in [-0.1, -0.05) is 15.9 Å². The van der Waals surface area contributed by atoms with Gasteiger partial charge in [-0.15, -0.1) is 0 Å². The van der Waals surface area contributed by atoms with Gasteiger partial charge in [0, 0.05) is 17.6 Å². The Morgan fingerprint density at radius 2 is 2.11 bits per heavy atom. The summed E-state index contributed by atoms with van der Waals surface area (Å²) >= 11 is 3.55. The molecule has 1 heterocycles. The summed E-state index contributed by atoms with van der Waals surface area (Å²) in [6.45, 7) is 5.13. The van der Waals surface area contributed by atoms with Crippen LogP contribution in [-0.4, -0.2) is 38.2 Å². The lowest BCUT2D eigenvalue weighted by Crippen LogP contribution is -2.25. The number of nitrogens with zero attached hydrogens (tertiary/aromatic N) is 1. The molecule has 2 rings (SSSR count). The highest BCUT2D eigenvalue weighted by molar-refractivity contribution is 9.10. The van der Waals surface area contributed by atoms with Gasteiger partial charge >= 0.3 is 0 Å². The van der Waals surface area contributed by atoms with Crippen LogP contribution in [0.3, 0.4) is 0 Å². The molecular formula is C14H21BrN2O. The second-order valence-corrected chi connectivity index (χ2v) is 5.54. The topological polar surface area (TPSA) is 24.5 Å². The van der Waals surface area contributed by atoms with Gasteiger partial charge in [-0.3, -0.25) is 4.90 Å². The summed E-state index contributed by atoms with van der Waals surface area (Å²) in [6, 6.07) is 6.18. The van der Waals surface area contributed by atoms with Crippen LogP contribution < -0.4 is 10.1 Å². The average Bonchev–Trinajstić information content (AvgIpc) is 2.87. The molecule has 1 aromatic carbocycles. The van der Waals surface area contributed by atoms with E-state index in [0.717, 1.165) is 29.9 Å². The van der Waals surface area contributed by atoms with Crippen molar-refractivity contribution in [3.05, 3.63) is 28.2 Å². The normalized spacial score (nSPS) is 16.1. The van der Waals surface area contributed by atoms with E-state index in [9.17, 15) is 0 Å². The maximum absolute atomic E-state index is 5.82. The minimum Gasteiger partial charge on any atom is -0.492 e. The molecule has 1 aromatic rings. The third-order valence-corrected chi connectivity index (χ3v) is 4.03. The number of halogens is 1. The zero-order valence-electron chi connectivity index (χ0n) is 10.9. The molecule has 1 N–H and O–H groups in total. The molecule has 0 aliphatic carbocycles. The lowest BCUT2D eigenvalue weighted by Gasteiger charge is -2.15. The largest absolute Gasteiger partial charge is 0.492 e. The van der Waals surface area contributed by atoms with Crippen LogP contribution in [0.4, 0.5) is 0 Å². The molecule has 0 spiro atoms. The second kappa shape index (κ2) is 7.12. The SMILES string of the molecule is CNCc1cc(OCCN2CCCC2)ccc1Br. The number of rotatable bonds is 6. The molecule has 0 bridgehead atoms. The van der Waals surface area contributed by atoms with E-state index >= 15 is 0 Å². The molecule has 100 valence electrons. The Morgan fingerprint density at radius 1 is 1.33 bits per heavy atom. The fraction of sp³-hybridized carbons (Fsp3) is 0.571. The van der Waals surface area contributed by atoms with Crippen LogP contribution in [0.15, 0.2) is 22.7 Å². The molecule has 1 aliphatic rings. The molecule has 0 unspecified atom stereocenters. The number of hydrogen-bond acceptors (Lipinski definition) is 3. The first kappa shape index (κ1) is 13.8. The smallest absolute Gasteiger partial charge is 0.119 e. The number of likely N-dealkylation sites (tertiary alicyclic amines) is 1. The van der Waals surface area contributed by atoms with Crippen molar-refractivity contribution in [1.82, 2.24) is 10.2 Å². The molecule has 1 saturated heterocycles. The van der Waals surface area contributed by atoms with E-state index < -0.39 is 0 Å². The van der Waals surface area contributed by atoms with Crippen LogP contribution in [0.5, 0.6) is 5.75 Å². The summed E-state index contributed by atoms with van der Waals surface area (Å²) in [5.74, 6) is 0.961. The van der Waals surface area contributed by atoms with Crippen molar-refractivity contribution in [3.8, 4) is 5.75 Å². The highest BCUT2D eigenvalue weighted by Gasteiger charge is 2.10. The van der Waals surface area contributed by atoms with Gasteiger partial charge in [0.25, 0.3) is 0 Å². The van der Waals surface area contributed by atoms with Crippen molar-refractivity contribution in [1.29, 1.82) is 0 Å². The molecule has 4 heteroatoms. The van der Waals surface area contributed by atoms with E-state index in [0.29, 0.717) is 0 Å². The van der Waals surface area contributed by atoms with Crippen molar-refractivity contribution in [2.24, 2.45) is 0 Å². The summed E-state index contributed by atoms with van der Waals surface area (Å²) in [5, 5.41) is 3.16. The zero-order valence-corrected chi connectivity index (χ0v) is 12.5. The molecule has 0 aromatic heterocycles. The van der Waals surface area contributed by atoms with E-state index in [1.54, 1.807) is 0 Å². The van der Waals surface area contributed by atoms with Crippen LogP contribution in [0.2, 0.25) is 0 Å². The van der Waals surface area contributed by atoms with Crippen molar-refractivity contribution in [2.45, 2.75) is 19.4 Å². The molecule has 1 fully saturated rings. The van der Waals surface area contributed by atoms with Gasteiger partial charge < -0.3 is 10.1 Å². The van der Waals surface area contributed by atoms with Gasteiger partial charge in [-0.2, -0.15) is 0 Å². The fourth-order valence-electron chi connectivity index (χ4n) is 2.27. The van der Waals surface area contributed by atoms with Crippen molar-refractivity contribution >= 4 is 15.9 Å². The molecule has 18 heavy (non-hydrogen) atoms. The Labute approximate surface area is 118 Å². The third kappa shape index (κ3) is 3.97. The summed E-state index contributed by atoms with van der Waals surface area (Å²) in [5.41, 5.74) is 1.23. The van der Waals surface area contributed by atoms with Crippen molar-refractivity contribution in [3.63, 3.8) is 0 Å². The monoisotopic (exact) mass is 312 g/mol. The first-order valence-corrected chi connectivity index (χ1v) is 7.37. The molecule has 3 nitrogen and oxygen atoms in total. The first-order valence-electron chi connectivity index (χ1n) is 6.58. The lowest BCUT2D eigenvalue weighted by atomic mass is 10.2. The molecule has 0 radical (unpaired) electrons. The Hall–Kier alpha value is -0.580. The molecule has 0 saturated carbocycles. The van der Waals surface area contributed by atoms with Crippen LogP contribution in [0, 0.1) is 0 Å². The first-order chi connectivity index (χ1) is 8.79. The highest BCUT2D eigenvalue weighted by atomic mass is 79.9. The second-order valence-electron chi connectivity index (χ2n) is 4.68. The maximum Gasteiger partial charge on any atom is 0.119 e. The summed E-state index contributed by atoms with van der Waals surface area (Å²) < 4.78 is 6.95. The maximum atomic E-state index is 5.82. The molecular weight excluding hydrogens is 292 g/mol. The molecule has 0 amide bonds.